The maximum absolute atomic E-state index is 5.24. The molecule has 2 aromatic rings. The van der Waals surface area contributed by atoms with Gasteiger partial charge in [0.1, 0.15) is 5.75 Å². The summed E-state index contributed by atoms with van der Waals surface area (Å²) in [5.74, 6) is 0.891. The lowest BCUT2D eigenvalue weighted by molar-refractivity contribution is 0.412. The molecule has 0 saturated carbocycles. The Labute approximate surface area is 112 Å². The lowest BCUT2D eigenvalue weighted by Crippen LogP contribution is -2.22. The molecule has 2 rings (SSSR count). The lowest BCUT2D eigenvalue weighted by atomic mass is 10.1. The van der Waals surface area contributed by atoms with Gasteiger partial charge in [-0.15, -0.1) is 11.3 Å². The zero-order valence-electron chi connectivity index (χ0n) is 10.9. The molecule has 1 aromatic heterocycles. The van der Waals surface area contributed by atoms with Crippen molar-refractivity contribution in [3.05, 3.63) is 46.4 Å². The molecular formula is C14H18N2OS. The van der Waals surface area contributed by atoms with Gasteiger partial charge in [0.2, 0.25) is 0 Å². The highest BCUT2D eigenvalue weighted by Crippen LogP contribution is 2.22. The molecule has 0 radical (unpaired) electrons. The van der Waals surface area contributed by atoms with Gasteiger partial charge < -0.3 is 10.1 Å². The molecule has 0 amide bonds. The van der Waals surface area contributed by atoms with Gasteiger partial charge in [0, 0.05) is 17.5 Å². The first kappa shape index (κ1) is 13.1. The molecule has 1 aromatic carbocycles. The van der Waals surface area contributed by atoms with Crippen LogP contribution in [0.25, 0.3) is 0 Å². The monoisotopic (exact) mass is 262 g/mol. The van der Waals surface area contributed by atoms with Crippen LogP contribution in [0.1, 0.15) is 37.2 Å². The molecule has 2 unspecified atom stereocenters. The smallest absolute Gasteiger partial charge is 0.119 e. The Kier molecular flexibility index (Phi) is 4.33. The van der Waals surface area contributed by atoms with Gasteiger partial charge in [0.15, 0.2) is 0 Å². The van der Waals surface area contributed by atoms with E-state index in [4.69, 9.17) is 4.74 Å². The van der Waals surface area contributed by atoms with E-state index in [-0.39, 0.29) is 12.1 Å². The van der Waals surface area contributed by atoms with Gasteiger partial charge in [-0.1, -0.05) is 12.1 Å². The Balaban J connectivity index is 2.04. The van der Waals surface area contributed by atoms with E-state index in [0.29, 0.717) is 0 Å². The Morgan fingerprint density at radius 1 is 1.28 bits per heavy atom. The van der Waals surface area contributed by atoms with E-state index in [1.165, 1.54) is 5.56 Å². The third-order valence-corrected chi connectivity index (χ3v) is 3.59. The van der Waals surface area contributed by atoms with Crippen LogP contribution in [0.15, 0.2) is 35.2 Å². The predicted molar refractivity (Wildman–Crippen MR) is 75.1 cm³/mol. The number of ether oxygens (including phenoxy) is 1. The average Bonchev–Trinajstić information content (AvgIpc) is 2.92. The highest BCUT2D eigenvalue weighted by atomic mass is 32.1. The number of hydrogen-bond donors (Lipinski definition) is 1. The fourth-order valence-electron chi connectivity index (χ4n) is 1.90. The van der Waals surface area contributed by atoms with Gasteiger partial charge in [-0.3, -0.25) is 0 Å². The van der Waals surface area contributed by atoms with Gasteiger partial charge in [-0.05, 0) is 31.5 Å². The third-order valence-electron chi connectivity index (χ3n) is 2.99. The van der Waals surface area contributed by atoms with Crippen LogP contribution >= 0.6 is 11.3 Å². The van der Waals surface area contributed by atoms with Crippen LogP contribution in [0.4, 0.5) is 0 Å². The van der Waals surface area contributed by atoms with Crippen molar-refractivity contribution in [2.45, 2.75) is 25.9 Å². The number of rotatable bonds is 5. The maximum Gasteiger partial charge on any atom is 0.119 e. The summed E-state index contributed by atoms with van der Waals surface area (Å²) >= 11 is 1.63. The zero-order valence-corrected chi connectivity index (χ0v) is 11.7. The molecule has 4 heteroatoms. The number of aromatic nitrogens is 1. The highest BCUT2D eigenvalue weighted by molar-refractivity contribution is 7.07. The Bertz CT molecular complexity index is 484. The molecule has 18 heavy (non-hydrogen) atoms. The number of nitrogens with one attached hydrogen (secondary N) is 1. The van der Waals surface area contributed by atoms with Crippen molar-refractivity contribution in [3.63, 3.8) is 0 Å². The standard InChI is InChI=1S/C14H18N2OS/c1-10(12-5-4-6-13(7-12)17-3)16-11(2)14-8-18-9-15-14/h4-11,16H,1-3H3. The third kappa shape index (κ3) is 3.09. The van der Waals surface area contributed by atoms with Crippen molar-refractivity contribution < 1.29 is 4.74 Å². The molecule has 0 fully saturated rings. The summed E-state index contributed by atoms with van der Waals surface area (Å²) in [6, 6.07) is 8.65. The van der Waals surface area contributed by atoms with E-state index < -0.39 is 0 Å². The van der Waals surface area contributed by atoms with Crippen LogP contribution in [0.2, 0.25) is 0 Å². The lowest BCUT2D eigenvalue weighted by Gasteiger charge is -2.19. The zero-order chi connectivity index (χ0) is 13.0. The second-order valence-corrected chi connectivity index (χ2v) is 5.02. The van der Waals surface area contributed by atoms with E-state index in [1.54, 1.807) is 18.4 Å². The molecule has 0 spiro atoms. The molecule has 0 aliphatic rings. The van der Waals surface area contributed by atoms with Crippen molar-refractivity contribution in [2.24, 2.45) is 0 Å². The van der Waals surface area contributed by atoms with Gasteiger partial charge in [-0.25, -0.2) is 4.98 Å². The number of thiazole rings is 1. The summed E-state index contributed by atoms with van der Waals surface area (Å²) in [6.07, 6.45) is 0. The fraction of sp³-hybridized carbons (Fsp3) is 0.357. The van der Waals surface area contributed by atoms with Crippen molar-refractivity contribution in [1.82, 2.24) is 10.3 Å². The largest absolute Gasteiger partial charge is 0.497 e. The van der Waals surface area contributed by atoms with Crippen molar-refractivity contribution in [1.29, 1.82) is 0 Å². The van der Waals surface area contributed by atoms with Crippen LogP contribution in [0.3, 0.4) is 0 Å². The summed E-state index contributed by atoms with van der Waals surface area (Å²) < 4.78 is 5.24. The van der Waals surface area contributed by atoms with Crippen molar-refractivity contribution >= 4 is 11.3 Å². The SMILES string of the molecule is COc1cccc(C(C)NC(C)c2cscn2)c1. The first-order valence-corrected chi connectivity index (χ1v) is 6.93. The normalized spacial score (nSPS) is 14.2. The summed E-state index contributed by atoms with van der Waals surface area (Å²) in [4.78, 5) is 4.33. The number of methoxy groups -OCH3 is 1. The minimum absolute atomic E-state index is 0.248. The first-order valence-electron chi connectivity index (χ1n) is 5.99. The average molecular weight is 262 g/mol. The number of nitrogens with zero attached hydrogens (tertiary/aromatic N) is 1. The van der Waals surface area contributed by atoms with Gasteiger partial charge in [0.05, 0.1) is 18.3 Å². The summed E-state index contributed by atoms with van der Waals surface area (Å²) in [5.41, 5.74) is 4.18. The van der Waals surface area contributed by atoms with Crippen molar-refractivity contribution in [2.75, 3.05) is 7.11 Å². The van der Waals surface area contributed by atoms with Crippen LogP contribution in [-0.4, -0.2) is 12.1 Å². The van der Waals surface area contributed by atoms with Gasteiger partial charge >= 0.3 is 0 Å². The van der Waals surface area contributed by atoms with E-state index >= 15 is 0 Å². The Hall–Kier alpha value is -1.39. The van der Waals surface area contributed by atoms with E-state index in [2.05, 4.69) is 41.7 Å². The molecular weight excluding hydrogens is 244 g/mol. The second kappa shape index (κ2) is 5.98. The van der Waals surface area contributed by atoms with Gasteiger partial charge in [-0.2, -0.15) is 0 Å². The quantitative estimate of drug-likeness (QED) is 0.894. The van der Waals surface area contributed by atoms with E-state index in [9.17, 15) is 0 Å². The van der Waals surface area contributed by atoms with Crippen LogP contribution < -0.4 is 10.1 Å². The molecule has 0 bridgehead atoms. The number of benzene rings is 1. The van der Waals surface area contributed by atoms with E-state index in [1.807, 2.05) is 17.6 Å². The Morgan fingerprint density at radius 3 is 2.78 bits per heavy atom. The van der Waals surface area contributed by atoms with Crippen LogP contribution in [0.5, 0.6) is 5.75 Å². The maximum atomic E-state index is 5.24. The molecule has 0 aliphatic carbocycles. The molecule has 2 atom stereocenters. The molecule has 3 nitrogen and oxygen atoms in total. The topological polar surface area (TPSA) is 34.1 Å². The van der Waals surface area contributed by atoms with Crippen LogP contribution in [-0.2, 0) is 0 Å². The summed E-state index contributed by atoms with van der Waals surface area (Å²) in [7, 11) is 1.69. The summed E-state index contributed by atoms with van der Waals surface area (Å²) in [6.45, 7) is 4.28. The minimum Gasteiger partial charge on any atom is -0.497 e. The second-order valence-electron chi connectivity index (χ2n) is 4.30. The molecule has 96 valence electrons. The van der Waals surface area contributed by atoms with E-state index in [0.717, 1.165) is 11.4 Å². The fourth-order valence-corrected chi connectivity index (χ4v) is 2.55. The molecule has 0 saturated heterocycles. The minimum atomic E-state index is 0.248. The number of hydrogen-bond acceptors (Lipinski definition) is 4. The highest BCUT2D eigenvalue weighted by Gasteiger charge is 2.12. The first-order chi connectivity index (χ1) is 8.70. The van der Waals surface area contributed by atoms with Crippen molar-refractivity contribution in [3.8, 4) is 5.75 Å². The molecule has 1 heterocycles. The Morgan fingerprint density at radius 2 is 2.11 bits per heavy atom. The molecule has 1 N–H and O–H groups in total. The molecule has 0 aliphatic heterocycles. The predicted octanol–water partition coefficient (Wildman–Crippen LogP) is 3.56. The van der Waals surface area contributed by atoms with Crippen LogP contribution in [0, 0.1) is 0 Å². The summed E-state index contributed by atoms with van der Waals surface area (Å²) in [5, 5.41) is 5.62. The van der Waals surface area contributed by atoms with Gasteiger partial charge in [0.25, 0.3) is 0 Å².